The van der Waals surface area contributed by atoms with Crippen LogP contribution in [-0.4, -0.2) is 69.3 Å². The van der Waals surface area contributed by atoms with Crippen LogP contribution in [0.5, 0.6) is 0 Å². The summed E-state index contributed by atoms with van der Waals surface area (Å²) in [6.07, 6.45) is 1.64. The summed E-state index contributed by atoms with van der Waals surface area (Å²) in [6, 6.07) is 2.97. The molecule has 2 amide bonds. The third-order valence-electron chi connectivity index (χ3n) is 4.30. The molecule has 0 saturated carbocycles. The quantitative estimate of drug-likeness (QED) is 0.377. The van der Waals surface area contributed by atoms with Crippen molar-refractivity contribution < 1.29 is 27.7 Å². The zero-order valence-corrected chi connectivity index (χ0v) is 16.3. The lowest BCUT2D eigenvalue weighted by atomic mass is 10.2. The fourth-order valence-electron chi connectivity index (χ4n) is 2.92. The van der Waals surface area contributed by atoms with Crippen molar-refractivity contribution >= 4 is 33.2 Å². The van der Waals surface area contributed by atoms with Gasteiger partial charge in [0.25, 0.3) is 5.69 Å². The molecule has 2 N–H and O–H groups in total. The van der Waals surface area contributed by atoms with Crippen LogP contribution in [-0.2, 0) is 19.4 Å². The molecule has 1 aliphatic heterocycles. The van der Waals surface area contributed by atoms with E-state index in [1.807, 2.05) is 0 Å². The summed E-state index contributed by atoms with van der Waals surface area (Å²) in [5, 5.41) is 16.7. The van der Waals surface area contributed by atoms with Crippen molar-refractivity contribution in [2.24, 2.45) is 0 Å². The number of methoxy groups -OCH3 is 1. The first kappa shape index (κ1) is 21.4. The molecule has 28 heavy (non-hydrogen) atoms. The van der Waals surface area contributed by atoms with Crippen molar-refractivity contribution in [3.05, 3.63) is 28.3 Å². The van der Waals surface area contributed by atoms with E-state index in [-0.39, 0.29) is 35.3 Å². The zero-order valence-electron chi connectivity index (χ0n) is 15.5. The molecule has 1 unspecified atom stereocenters. The van der Waals surface area contributed by atoms with E-state index in [1.165, 1.54) is 24.1 Å². The van der Waals surface area contributed by atoms with Crippen LogP contribution in [0.4, 0.5) is 16.2 Å². The van der Waals surface area contributed by atoms with Crippen LogP contribution in [0.15, 0.2) is 23.1 Å². The van der Waals surface area contributed by atoms with Crippen molar-refractivity contribution in [3.63, 3.8) is 0 Å². The van der Waals surface area contributed by atoms with Crippen molar-refractivity contribution in [2.45, 2.75) is 23.8 Å². The van der Waals surface area contributed by atoms with Gasteiger partial charge in [0, 0.05) is 32.0 Å². The molecule has 154 valence electrons. The minimum absolute atomic E-state index is 0.142. The Hall–Kier alpha value is -2.89. The predicted molar refractivity (Wildman–Crippen MR) is 99.8 cm³/mol. The number of amides is 2. The van der Waals surface area contributed by atoms with Gasteiger partial charge >= 0.3 is 6.09 Å². The third kappa shape index (κ3) is 5.09. The number of anilines is 1. The number of rotatable bonds is 7. The third-order valence-corrected chi connectivity index (χ3v) is 5.41. The highest BCUT2D eigenvalue weighted by molar-refractivity contribution is 7.90. The maximum Gasteiger partial charge on any atom is 0.410 e. The van der Waals surface area contributed by atoms with Gasteiger partial charge in [0.05, 0.1) is 16.9 Å². The molecule has 0 aliphatic carbocycles. The molecule has 0 aromatic heterocycles. The van der Waals surface area contributed by atoms with E-state index in [0.29, 0.717) is 19.4 Å². The SMILES string of the molecule is COC(=O)N1CCCC1C(=O)NCCNc1ccc(S(C)(=O)=O)cc1[N+](=O)[O-]. The number of carbonyl (C=O) groups excluding carboxylic acids is 2. The highest BCUT2D eigenvalue weighted by Crippen LogP contribution is 2.27. The number of nitro groups is 1. The number of benzene rings is 1. The Morgan fingerprint density at radius 2 is 2.07 bits per heavy atom. The Labute approximate surface area is 162 Å². The first-order valence-corrected chi connectivity index (χ1v) is 10.4. The van der Waals surface area contributed by atoms with Gasteiger partial charge in [-0.1, -0.05) is 0 Å². The fraction of sp³-hybridized carbons (Fsp3) is 0.500. The molecule has 0 spiro atoms. The summed E-state index contributed by atoms with van der Waals surface area (Å²) in [4.78, 5) is 35.6. The maximum absolute atomic E-state index is 12.3. The van der Waals surface area contributed by atoms with Crippen molar-refractivity contribution in [3.8, 4) is 0 Å². The normalized spacial score (nSPS) is 16.5. The Kier molecular flexibility index (Phi) is 6.78. The Morgan fingerprint density at radius 1 is 1.36 bits per heavy atom. The molecule has 1 saturated heterocycles. The fourth-order valence-corrected chi connectivity index (χ4v) is 3.56. The van der Waals surface area contributed by atoms with Gasteiger partial charge < -0.3 is 15.4 Å². The summed E-state index contributed by atoms with van der Waals surface area (Å²) in [7, 11) is -2.32. The van der Waals surface area contributed by atoms with Gasteiger partial charge in [0.1, 0.15) is 11.7 Å². The van der Waals surface area contributed by atoms with E-state index in [0.717, 1.165) is 12.3 Å². The second kappa shape index (κ2) is 8.87. The minimum atomic E-state index is -3.57. The Bertz CT molecular complexity index is 872. The van der Waals surface area contributed by atoms with E-state index in [4.69, 9.17) is 0 Å². The van der Waals surface area contributed by atoms with E-state index in [1.54, 1.807) is 0 Å². The number of ether oxygens (including phenoxy) is 1. The molecule has 1 fully saturated rings. The Balaban J connectivity index is 1.94. The van der Waals surface area contributed by atoms with Crippen LogP contribution in [0.3, 0.4) is 0 Å². The largest absolute Gasteiger partial charge is 0.453 e. The summed E-state index contributed by atoms with van der Waals surface area (Å²) in [5.41, 5.74) is -0.231. The second-order valence-corrected chi connectivity index (χ2v) is 8.26. The van der Waals surface area contributed by atoms with Gasteiger partial charge in [-0.05, 0) is 25.0 Å². The highest BCUT2D eigenvalue weighted by atomic mass is 32.2. The van der Waals surface area contributed by atoms with Gasteiger partial charge in [-0.25, -0.2) is 13.2 Å². The highest BCUT2D eigenvalue weighted by Gasteiger charge is 2.34. The number of hydrogen-bond donors (Lipinski definition) is 2. The number of nitro benzene ring substituents is 1. The van der Waals surface area contributed by atoms with Crippen LogP contribution >= 0.6 is 0 Å². The van der Waals surface area contributed by atoms with Crippen LogP contribution in [0.1, 0.15) is 12.8 Å². The second-order valence-electron chi connectivity index (χ2n) is 6.25. The van der Waals surface area contributed by atoms with E-state index in [9.17, 15) is 28.1 Å². The number of likely N-dealkylation sites (tertiary alicyclic amines) is 1. The lowest BCUT2D eigenvalue weighted by Gasteiger charge is -2.22. The molecule has 1 atom stereocenters. The van der Waals surface area contributed by atoms with Crippen molar-refractivity contribution in [1.82, 2.24) is 10.2 Å². The molecule has 12 heteroatoms. The molecule has 1 aromatic rings. The molecular formula is C16H22N4O7S. The summed E-state index contributed by atoms with van der Waals surface area (Å²) >= 11 is 0. The molecule has 0 bridgehead atoms. The first-order chi connectivity index (χ1) is 13.1. The van der Waals surface area contributed by atoms with Crippen molar-refractivity contribution in [1.29, 1.82) is 0 Å². The van der Waals surface area contributed by atoms with Gasteiger partial charge in [-0.2, -0.15) is 0 Å². The van der Waals surface area contributed by atoms with Crippen molar-refractivity contribution in [2.75, 3.05) is 38.3 Å². The van der Waals surface area contributed by atoms with E-state index in [2.05, 4.69) is 15.4 Å². The number of nitrogens with zero attached hydrogens (tertiary/aromatic N) is 2. The topological polar surface area (TPSA) is 148 Å². The monoisotopic (exact) mass is 414 g/mol. The van der Waals surface area contributed by atoms with Crippen LogP contribution in [0.25, 0.3) is 0 Å². The lowest BCUT2D eigenvalue weighted by Crippen LogP contribution is -2.46. The number of nitrogens with one attached hydrogen (secondary N) is 2. The zero-order chi connectivity index (χ0) is 20.9. The van der Waals surface area contributed by atoms with Gasteiger partial charge in [-0.3, -0.25) is 19.8 Å². The summed E-state index contributed by atoms with van der Waals surface area (Å²) < 4.78 is 27.8. The number of hydrogen-bond acceptors (Lipinski definition) is 8. The summed E-state index contributed by atoms with van der Waals surface area (Å²) in [6.45, 7) is 0.785. The van der Waals surface area contributed by atoms with Gasteiger partial charge in [0.2, 0.25) is 5.91 Å². The van der Waals surface area contributed by atoms with E-state index >= 15 is 0 Å². The average molecular weight is 414 g/mol. The van der Waals surface area contributed by atoms with Gasteiger partial charge in [-0.15, -0.1) is 0 Å². The summed E-state index contributed by atoms with van der Waals surface area (Å²) in [5.74, 6) is -0.327. The molecule has 0 radical (unpaired) electrons. The molecule has 1 aromatic carbocycles. The van der Waals surface area contributed by atoms with E-state index < -0.39 is 26.9 Å². The smallest absolute Gasteiger partial charge is 0.410 e. The molecule has 2 rings (SSSR count). The van der Waals surface area contributed by atoms with Crippen LogP contribution in [0.2, 0.25) is 0 Å². The molecular weight excluding hydrogens is 392 g/mol. The molecule has 1 aliphatic rings. The number of carbonyl (C=O) groups is 2. The number of sulfone groups is 1. The molecule has 1 heterocycles. The minimum Gasteiger partial charge on any atom is -0.453 e. The van der Waals surface area contributed by atoms with Crippen LogP contribution in [0, 0.1) is 10.1 Å². The Morgan fingerprint density at radius 3 is 2.68 bits per heavy atom. The maximum atomic E-state index is 12.3. The molecule has 11 nitrogen and oxygen atoms in total. The van der Waals surface area contributed by atoms with Gasteiger partial charge in [0.15, 0.2) is 9.84 Å². The first-order valence-electron chi connectivity index (χ1n) is 8.50. The average Bonchev–Trinajstić information content (AvgIpc) is 3.13. The van der Waals surface area contributed by atoms with Crippen LogP contribution < -0.4 is 10.6 Å². The standard InChI is InChI=1S/C16H22N4O7S/c1-27-16(22)19-9-3-4-13(19)15(21)18-8-7-17-12-6-5-11(28(2,25)26)10-14(12)20(23)24/h5-6,10,13,17H,3-4,7-9H2,1-2H3,(H,18,21). The predicted octanol–water partition coefficient (Wildman–Crippen LogP) is 0.757. The lowest BCUT2D eigenvalue weighted by molar-refractivity contribution is -0.384.